The number of ether oxygens (including phenoxy) is 3. The van der Waals surface area contributed by atoms with E-state index >= 15 is 0 Å². The molecule has 0 radical (unpaired) electrons. The molecule has 124 valence electrons. The number of rotatable bonds is 7. The van der Waals surface area contributed by atoms with Gasteiger partial charge in [-0.25, -0.2) is 13.1 Å². The highest BCUT2D eigenvalue weighted by Crippen LogP contribution is 2.29. The maximum Gasteiger partial charge on any atom is 0.241 e. The number of hydrogen-bond acceptors (Lipinski definition) is 5. The predicted octanol–water partition coefficient (Wildman–Crippen LogP) is 2.19. The van der Waals surface area contributed by atoms with E-state index in [1.165, 1.54) is 26.4 Å². The highest BCUT2D eigenvalue weighted by atomic mass is 32.2. The van der Waals surface area contributed by atoms with Crippen LogP contribution in [0.5, 0.6) is 17.2 Å². The average Bonchev–Trinajstić information content (AvgIpc) is 2.59. The summed E-state index contributed by atoms with van der Waals surface area (Å²) in [4.78, 5) is 0.109. The smallest absolute Gasteiger partial charge is 0.241 e. The van der Waals surface area contributed by atoms with Gasteiger partial charge in [-0.15, -0.1) is 0 Å². The van der Waals surface area contributed by atoms with Crippen molar-refractivity contribution in [2.45, 2.75) is 11.4 Å². The molecule has 1 N–H and O–H groups in total. The van der Waals surface area contributed by atoms with Crippen molar-refractivity contribution in [3.8, 4) is 17.2 Å². The number of sulfonamides is 1. The SMILES string of the molecule is COc1cccc(CNS(=O)(=O)c2ccc(OC)c(OC)c2)c1. The lowest BCUT2D eigenvalue weighted by Crippen LogP contribution is -2.23. The summed E-state index contributed by atoms with van der Waals surface area (Å²) in [5.74, 6) is 1.50. The first kappa shape index (κ1) is 17.1. The second kappa shape index (κ2) is 7.34. The predicted molar refractivity (Wildman–Crippen MR) is 86.6 cm³/mol. The number of benzene rings is 2. The summed E-state index contributed by atoms with van der Waals surface area (Å²) in [6, 6.07) is 11.6. The summed E-state index contributed by atoms with van der Waals surface area (Å²) in [6.07, 6.45) is 0. The molecule has 0 aliphatic heterocycles. The van der Waals surface area contributed by atoms with Crippen LogP contribution in [0.4, 0.5) is 0 Å². The van der Waals surface area contributed by atoms with E-state index in [9.17, 15) is 8.42 Å². The third kappa shape index (κ3) is 4.14. The van der Waals surface area contributed by atoms with Gasteiger partial charge in [0.15, 0.2) is 11.5 Å². The van der Waals surface area contributed by atoms with Crippen LogP contribution in [0, 0.1) is 0 Å². The Labute approximate surface area is 136 Å². The van der Waals surface area contributed by atoms with Crippen molar-refractivity contribution in [3.63, 3.8) is 0 Å². The van der Waals surface area contributed by atoms with Crippen LogP contribution in [-0.4, -0.2) is 29.7 Å². The first-order valence-corrected chi connectivity index (χ1v) is 8.33. The van der Waals surface area contributed by atoms with E-state index in [-0.39, 0.29) is 11.4 Å². The zero-order valence-electron chi connectivity index (χ0n) is 13.2. The lowest BCUT2D eigenvalue weighted by Gasteiger charge is -2.11. The van der Waals surface area contributed by atoms with Gasteiger partial charge in [-0.05, 0) is 29.8 Å². The summed E-state index contributed by atoms with van der Waals surface area (Å²) < 4.78 is 42.7. The van der Waals surface area contributed by atoms with Gasteiger partial charge >= 0.3 is 0 Å². The van der Waals surface area contributed by atoms with Gasteiger partial charge in [-0.2, -0.15) is 0 Å². The van der Waals surface area contributed by atoms with Crippen LogP contribution in [0.2, 0.25) is 0 Å². The van der Waals surface area contributed by atoms with Crippen molar-refractivity contribution in [3.05, 3.63) is 48.0 Å². The van der Waals surface area contributed by atoms with Gasteiger partial charge in [0.25, 0.3) is 0 Å². The summed E-state index contributed by atoms with van der Waals surface area (Å²) in [5.41, 5.74) is 0.799. The van der Waals surface area contributed by atoms with Crippen LogP contribution in [0.3, 0.4) is 0 Å². The molecule has 0 atom stereocenters. The molecular formula is C16H19NO5S. The van der Waals surface area contributed by atoms with E-state index in [1.807, 2.05) is 6.07 Å². The zero-order valence-corrected chi connectivity index (χ0v) is 14.0. The van der Waals surface area contributed by atoms with E-state index < -0.39 is 10.0 Å². The van der Waals surface area contributed by atoms with Crippen LogP contribution in [0.15, 0.2) is 47.4 Å². The fraction of sp³-hybridized carbons (Fsp3) is 0.250. The maximum atomic E-state index is 12.4. The molecule has 2 rings (SSSR count). The topological polar surface area (TPSA) is 73.9 Å². The lowest BCUT2D eigenvalue weighted by atomic mass is 10.2. The molecular weight excluding hydrogens is 318 g/mol. The van der Waals surface area contributed by atoms with Crippen LogP contribution in [0.25, 0.3) is 0 Å². The Morgan fingerprint density at radius 3 is 2.30 bits per heavy atom. The maximum absolute atomic E-state index is 12.4. The minimum Gasteiger partial charge on any atom is -0.497 e. The fourth-order valence-corrected chi connectivity index (χ4v) is 3.06. The molecule has 0 amide bonds. The summed E-state index contributed by atoms with van der Waals surface area (Å²) >= 11 is 0. The van der Waals surface area contributed by atoms with Crippen molar-refractivity contribution in [1.82, 2.24) is 4.72 Å². The normalized spacial score (nSPS) is 11.1. The second-order valence-corrected chi connectivity index (χ2v) is 6.46. The molecule has 0 saturated heterocycles. The molecule has 23 heavy (non-hydrogen) atoms. The van der Waals surface area contributed by atoms with Crippen LogP contribution < -0.4 is 18.9 Å². The van der Waals surface area contributed by atoms with Crippen molar-refractivity contribution < 1.29 is 22.6 Å². The van der Waals surface area contributed by atoms with Crippen molar-refractivity contribution >= 4 is 10.0 Å². The first-order valence-electron chi connectivity index (χ1n) is 6.85. The highest BCUT2D eigenvalue weighted by Gasteiger charge is 2.16. The van der Waals surface area contributed by atoms with Gasteiger partial charge in [-0.3, -0.25) is 0 Å². The Morgan fingerprint density at radius 1 is 0.913 bits per heavy atom. The number of methoxy groups -OCH3 is 3. The van der Waals surface area contributed by atoms with Crippen molar-refractivity contribution in [1.29, 1.82) is 0 Å². The zero-order chi connectivity index (χ0) is 16.9. The van der Waals surface area contributed by atoms with Crippen LogP contribution >= 0.6 is 0 Å². The molecule has 0 spiro atoms. The standard InChI is InChI=1S/C16H19NO5S/c1-20-13-6-4-5-12(9-13)11-17-23(18,19)14-7-8-15(21-2)16(10-14)22-3/h4-10,17H,11H2,1-3H3. The minimum atomic E-state index is -3.66. The average molecular weight is 337 g/mol. The molecule has 0 aliphatic rings. The molecule has 0 unspecified atom stereocenters. The Bertz CT molecular complexity index is 774. The summed E-state index contributed by atoms with van der Waals surface area (Å²) in [7, 11) is 0.850. The Morgan fingerprint density at radius 2 is 1.65 bits per heavy atom. The number of hydrogen-bond donors (Lipinski definition) is 1. The molecule has 0 fully saturated rings. The summed E-state index contributed by atoms with van der Waals surface area (Å²) in [6.45, 7) is 0.161. The van der Waals surface area contributed by atoms with E-state index in [1.54, 1.807) is 31.4 Å². The van der Waals surface area contributed by atoms with Gasteiger partial charge in [-0.1, -0.05) is 12.1 Å². The Hall–Kier alpha value is -2.25. The highest BCUT2D eigenvalue weighted by molar-refractivity contribution is 7.89. The first-order chi connectivity index (χ1) is 11.0. The monoisotopic (exact) mass is 337 g/mol. The number of nitrogens with one attached hydrogen (secondary N) is 1. The molecule has 0 bridgehead atoms. The van der Waals surface area contributed by atoms with E-state index in [0.717, 1.165) is 5.56 Å². The van der Waals surface area contributed by atoms with Gasteiger partial charge in [0.2, 0.25) is 10.0 Å². The second-order valence-electron chi connectivity index (χ2n) is 4.69. The third-order valence-corrected chi connectivity index (χ3v) is 4.66. The van der Waals surface area contributed by atoms with Gasteiger partial charge in [0, 0.05) is 12.6 Å². The third-order valence-electron chi connectivity index (χ3n) is 3.27. The molecule has 0 aromatic heterocycles. The van der Waals surface area contributed by atoms with Crippen LogP contribution in [-0.2, 0) is 16.6 Å². The van der Waals surface area contributed by atoms with Gasteiger partial charge < -0.3 is 14.2 Å². The lowest BCUT2D eigenvalue weighted by molar-refractivity contribution is 0.354. The van der Waals surface area contributed by atoms with Gasteiger partial charge in [0.05, 0.1) is 26.2 Å². The van der Waals surface area contributed by atoms with Crippen LogP contribution in [0.1, 0.15) is 5.56 Å². The van der Waals surface area contributed by atoms with E-state index in [2.05, 4.69) is 4.72 Å². The van der Waals surface area contributed by atoms with Crippen molar-refractivity contribution in [2.75, 3.05) is 21.3 Å². The molecule has 0 heterocycles. The van der Waals surface area contributed by atoms with E-state index in [0.29, 0.717) is 17.2 Å². The fourth-order valence-electron chi connectivity index (χ4n) is 2.03. The minimum absolute atomic E-state index is 0.109. The molecule has 2 aromatic rings. The van der Waals surface area contributed by atoms with E-state index in [4.69, 9.17) is 14.2 Å². The Balaban J connectivity index is 2.18. The quantitative estimate of drug-likeness (QED) is 0.838. The molecule has 2 aromatic carbocycles. The Kier molecular flexibility index (Phi) is 5.46. The van der Waals surface area contributed by atoms with Crippen molar-refractivity contribution in [2.24, 2.45) is 0 Å². The summed E-state index contributed by atoms with van der Waals surface area (Å²) in [5, 5.41) is 0. The molecule has 0 aliphatic carbocycles. The molecule has 0 saturated carbocycles. The molecule has 6 nitrogen and oxygen atoms in total. The molecule has 7 heteroatoms. The largest absolute Gasteiger partial charge is 0.497 e. The van der Waals surface area contributed by atoms with Gasteiger partial charge in [0.1, 0.15) is 5.75 Å².